The zero-order valence-corrected chi connectivity index (χ0v) is 8.74. The highest BCUT2D eigenvalue weighted by Crippen LogP contribution is 2.18. The number of thioether (sulfide) groups is 1. The summed E-state index contributed by atoms with van der Waals surface area (Å²) in [6.45, 7) is 0.603. The third kappa shape index (κ3) is 4.57. The molecule has 1 rings (SSSR count). The third-order valence-electron chi connectivity index (χ3n) is 1.42. The average molecular weight is 222 g/mol. The molecule has 0 atom stereocenters. The molecule has 0 radical (unpaired) electrons. The van der Waals surface area contributed by atoms with Crippen LogP contribution in [0.25, 0.3) is 0 Å². The Bertz CT molecular complexity index is 242. The molecule has 2 N–H and O–H groups in total. The molecule has 0 aromatic carbocycles. The quantitative estimate of drug-likeness (QED) is 0.592. The number of hydrogen-bond donors (Lipinski definition) is 1. The lowest BCUT2D eigenvalue weighted by atomic mass is 10.5. The fourth-order valence-electron chi connectivity index (χ4n) is 0.846. The van der Waals surface area contributed by atoms with E-state index >= 15 is 0 Å². The first-order chi connectivity index (χ1) is 6.33. The highest BCUT2D eigenvalue weighted by molar-refractivity contribution is 7.98. The topological polar surface area (TPSA) is 48.4 Å². The molecule has 13 heavy (non-hydrogen) atoms. The van der Waals surface area contributed by atoms with E-state index in [9.17, 15) is 0 Å². The normalized spacial score (nSPS) is 10.6. The van der Waals surface area contributed by atoms with Crippen molar-refractivity contribution < 1.29 is 9.25 Å². The molecule has 5 heteroatoms. The van der Waals surface area contributed by atoms with Crippen LogP contribution in [0.5, 0.6) is 0 Å². The molecule has 0 bridgehead atoms. The number of furan rings is 1. The number of halogens is 1. The summed E-state index contributed by atoms with van der Waals surface area (Å²) in [5, 5.41) is 0.445. The van der Waals surface area contributed by atoms with Gasteiger partial charge in [0.2, 0.25) is 0 Å². The summed E-state index contributed by atoms with van der Waals surface area (Å²) in [4.78, 5) is 4.44. The molecule has 1 aromatic heterocycles. The van der Waals surface area contributed by atoms with Crippen LogP contribution in [0.2, 0.25) is 5.22 Å². The number of rotatable bonds is 6. The Morgan fingerprint density at radius 3 is 3.00 bits per heavy atom. The van der Waals surface area contributed by atoms with Gasteiger partial charge >= 0.3 is 0 Å². The highest BCUT2D eigenvalue weighted by Gasteiger charge is 1.99. The third-order valence-corrected chi connectivity index (χ3v) is 2.69. The summed E-state index contributed by atoms with van der Waals surface area (Å²) in [6.07, 6.45) is 0.954. The van der Waals surface area contributed by atoms with Crippen LogP contribution in [0.4, 0.5) is 0 Å². The maximum absolute atomic E-state index is 5.61. The van der Waals surface area contributed by atoms with Crippen LogP contribution in [0.3, 0.4) is 0 Å². The van der Waals surface area contributed by atoms with Crippen molar-refractivity contribution in [3.63, 3.8) is 0 Å². The number of hydrogen-bond acceptors (Lipinski definition) is 4. The average Bonchev–Trinajstić information content (AvgIpc) is 2.51. The zero-order valence-electron chi connectivity index (χ0n) is 7.16. The Morgan fingerprint density at radius 2 is 2.38 bits per heavy atom. The predicted octanol–water partition coefficient (Wildman–Crippen LogP) is 2.45. The van der Waals surface area contributed by atoms with Gasteiger partial charge in [0.1, 0.15) is 5.76 Å². The van der Waals surface area contributed by atoms with Crippen molar-refractivity contribution in [3.8, 4) is 0 Å². The van der Waals surface area contributed by atoms with Crippen molar-refractivity contribution in [2.75, 3.05) is 12.4 Å². The second-order valence-corrected chi connectivity index (χ2v) is 3.96. The van der Waals surface area contributed by atoms with Crippen LogP contribution in [-0.4, -0.2) is 12.4 Å². The van der Waals surface area contributed by atoms with Crippen LogP contribution in [-0.2, 0) is 10.6 Å². The Hall–Kier alpha value is -0.160. The lowest BCUT2D eigenvalue weighted by Crippen LogP contribution is -2.01. The molecule has 0 spiro atoms. The second kappa shape index (κ2) is 6.32. The van der Waals surface area contributed by atoms with E-state index in [2.05, 4.69) is 4.84 Å². The summed E-state index contributed by atoms with van der Waals surface area (Å²) in [5.41, 5.74) is 0. The van der Waals surface area contributed by atoms with Crippen LogP contribution in [0.1, 0.15) is 12.2 Å². The van der Waals surface area contributed by atoms with E-state index < -0.39 is 0 Å². The molecule has 0 fully saturated rings. The molecule has 0 aliphatic rings. The van der Waals surface area contributed by atoms with Crippen molar-refractivity contribution in [1.29, 1.82) is 0 Å². The van der Waals surface area contributed by atoms with E-state index in [1.807, 2.05) is 6.07 Å². The monoisotopic (exact) mass is 221 g/mol. The zero-order chi connectivity index (χ0) is 9.52. The Balaban J connectivity index is 2.06. The highest BCUT2D eigenvalue weighted by atomic mass is 35.5. The molecule has 1 heterocycles. The van der Waals surface area contributed by atoms with Gasteiger partial charge in [0, 0.05) is 0 Å². The molecule has 1 aromatic rings. The lowest BCUT2D eigenvalue weighted by molar-refractivity contribution is 0.139. The van der Waals surface area contributed by atoms with Gasteiger partial charge in [-0.1, -0.05) is 0 Å². The van der Waals surface area contributed by atoms with Crippen molar-refractivity contribution >= 4 is 23.4 Å². The molecule has 0 aliphatic carbocycles. The van der Waals surface area contributed by atoms with Gasteiger partial charge in [-0.2, -0.15) is 11.8 Å². The SMILES string of the molecule is NOCCCSCc1ccc(Cl)o1. The van der Waals surface area contributed by atoms with Gasteiger partial charge in [-0.25, -0.2) is 5.90 Å². The van der Waals surface area contributed by atoms with E-state index in [-0.39, 0.29) is 0 Å². The van der Waals surface area contributed by atoms with Gasteiger partial charge in [0.15, 0.2) is 5.22 Å². The van der Waals surface area contributed by atoms with E-state index in [1.54, 1.807) is 17.8 Å². The van der Waals surface area contributed by atoms with Crippen molar-refractivity contribution in [1.82, 2.24) is 0 Å². The van der Waals surface area contributed by atoms with Crippen LogP contribution < -0.4 is 5.90 Å². The van der Waals surface area contributed by atoms with Crippen LogP contribution in [0.15, 0.2) is 16.5 Å². The minimum Gasteiger partial charge on any atom is -0.449 e. The van der Waals surface area contributed by atoms with E-state index in [4.69, 9.17) is 21.9 Å². The Kier molecular flexibility index (Phi) is 5.31. The lowest BCUT2D eigenvalue weighted by Gasteiger charge is -1.97. The summed E-state index contributed by atoms with van der Waals surface area (Å²) >= 11 is 7.38. The Labute approximate surface area is 86.5 Å². The van der Waals surface area contributed by atoms with Crippen LogP contribution >= 0.6 is 23.4 Å². The first kappa shape index (κ1) is 10.9. The van der Waals surface area contributed by atoms with Gasteiger partial charge < -0.3 is 9.25 Å². The van der Waals surface area contributed by atoms with E-state index in [0.29, 0.717) is 11.8 Å². The maximum Gasteiger partial charge on any atom is 0.193 e. The van der Waals surface area contributed by atoms with Gasteiger partial charge in [-0.15, -0.1) is 0 Å². The second-order valence-electron chi connectivity index (χ2n) is 2.48. The predicted molar refractivity (Wildman–Crippen MR) is 54.6 cm³/mol. The largest absolute Gasteiger partial charge is 0.449 e. The van der Waals surface area contributed by atoms with Gasteiger partial charge in [0.25, 0.3) is 0 Å². The molecule has 0 unspecified atom stereocenters. The fourth-order valence-corrected chi connectivity index (χ4v) is 1.83. The summed E-state index contributed by atoms with van der Waals surface area (Å²) < 4.78 is 5.18. The molecule has 0 aliphatic heterocycles. The van der Waals surface area contributed by atoms with Crippen molar-refractivity contribution in [2.45, 2.75) is 12.2 Å². The van der Waals surface area contributed by atoms with Crippen LogP contribution in [0, 0.1) is 0 Å². The summed E-state index contributed by atoms with van der Waals surface area (Å²) in [5.74, 6) is 7.64. The first-order valence-corrected chi connectivity index (χ1v) is 5.50. The van der Waals surface area contributed by atoms with Gasteiger partial charge in [0.05, 0.1) is 12.4 Å². The molecular weight excluding hydrogens is 210 g/mol. The molecule has 0 saturated carbocycles. The minimum atomic E-state index is 0.445. The van der Waals surface area contributed by atoms with Gasteiger partial charge in [-0.3, -0.25) is 0 Å². The molecule has 74 valence electrons. The number of nitrogens with two attached hydrogens (primary N) is 1. The fraction of sp³-hybridized carbons (Fsp3) is 0.500. The van der Waals surface area contributed by atoms with Crippen molar-refractivity contribution in [2.24, 2.45) is 5.90 Å². The van der Waals surface area contributed by atoms with E-state index in [0.717, 1.165) is 23.7 Å². The summed E-state index contributed by atoms with van der Waals surface area (Å²) in [7, 11) is 0. The molecule has 0 amide bonds. The first-order valence-electron chi connectivity index (χ1n) is 3.96. The standard InChI is InChI=1S/C8H12ClNO2S/c9-8-3-2-7(12-8)6-13-5-1-4-11-10/h2-3H,1,4-6,10H2. The molecular formula is C8H12ClNO2S. The minimum absolute atomic E-state index is 0.445. The molecule has 0 saturated heterocycles. The Morgan fingerprint density at radius 1 is 1.54 bits per heavy atom. The smallest absolute Gasteiger partial charge is 0.193 e. The molecule has 3 nitrogen and oxygen atoms in total. The maximum atomic E-state index is 5.61. The summed E-state index contributed by atoms with van der Waals surface area (Å²) in [6, 6.07) is 3.63. The van der Waals surface area contributed by atoms with E-state index in [1.165, 1.54) is 0 Å². The van der Waals surface area contributed by atoms with Gasteiger partial charge in [-0.05, 0) is 35.9 Å². The van der Waals surface area contributed by atoms with Crippen molar-refractivity contribution in [3.05, 3.63) is 23.1 Å².